The Morgan fingerprint density at radius 2 is 1.69 bits per heavy atom. The number of benzene rings is 2. The van der Waals surface area contributed by atoms with Gasteiger partial charge in [-0.3, -0.25) is 4.79 Å². The van der Waals surface area contributed by atoms with Crippen molar-refractivity contribution in [2.75, 3.05) is 49.5 Å². The highest BCUT2D eigenvalue weighted by Crippen LogP contribution is 2.18. The third-order valence-corrected chi connectivity index (χ3v) is 6.66. The maximum atomic E-state index is 12.2. The van der Waals surface area contributed by atoms with Crippen LogP contribution in [-0.4, -0.2) is 53.6 Å². The molecule has 1 fully saturated rings. The second-order valence-corrected chi connectivity index (χ2v) is 8.91. The van der Waals surface area contributed by atoms with Crippen LogP contribution in [0.15, 0.2) is 59.5 Å². The zero-order valence-electron chi connectivity index (χ0n) is 16.7. The van der Waals surface area contributed by atoms with E-state index in [0.29, 0.717) is 5.69 Å². The van der Waals surface area contributed by atoms with E-state index in [9.17, 15) is 13.2 Å². The standard InChI is InChI=1S/C21H28N4O3S/c1-2-24-14-16-25(17-15-24)19-10-8-18(9-11-19)23-21(26)12-13-22-29(27,28)20-6-4-3-5-7-20/h3-11,22H,2,12-17H2,1H3,(H,23,26)/p+1. The summed E-state index contributed by atoms with van der Waals surface area (Å²) in [6.07, 6.45) is 0.0650. The summed E-state index contributed by atoms with van der Waals surface area (Å²) >= 11 is 0. The van der Waals surface area contributed by atoms with Crippen molar-refractivity contribution in [3.63, 3.8) is 0 Å². The molecule has 0 spiro atoms. The van der Waals surface area contributed by atoms with Gasteiger partial charge < -0.3 is 15.1 Å². The molecule has 0 atom stereocenters. The number of nitrogens with one attached hydrogen (secondary N) is 3. The number of nitrogens with zero attached hydrogens (tertiary/aromatic N) is 1. The Morgan fingerprint density at radius 1 is 1.03 bits per heavy atom. The van der Waals surface area contributed by atoms with Gasteiger partial charge in [-0.15, -0.1) is 0 Å². The molecule has 156 valence electrons. The van der Waals surface area contributed by atoms with Crippen LogP contribution < -0.4 is 19.8 Å². The first-order valence-electron chi connectivity index (χ1n) is 10.0. The molecule has 7 nitrogen and oxygen atoms in total. The van der Waals surface area contributed by atoms with Gasteiger partial charge in [0, 0.05) is 24.3 Å². The van der Waals surface area contributed by atoms with Gasteiger partial charge in [-0.2, -0.15) is 0 Å². The minimum absolute atomic E-state index is 0.0468. The smallest absolute Gasteiger partial charge is 0.240 e. The fourth-order valence-corrected chi connectivity index (χ4v) is 4.45. The summed E-state index contributed by atoms with van der Waals surface area (Å²) in [5, 5.41) is 2.82. The summed E-state index contributed by atoms with van der Waals surface area (Å²) in [5.41, 5.74) is 1.87. The van der Waals surface area contributed by atoms with Crippen molar-refractivity contribution in [1.82, 2.24) is 4.72 Å². The molecule has 29 heavy (non-hydrogen) atoms. The van der Waals surface area contributed by atoms with Gasteiger partial charge in [0.05, 0.1) is 37.6 Å². The van der Waals surface area contributed by atoms with Crippen LogP contribution in [0, 0.1) is 0 Å². The summed E-state index contributed by atoms with van der Waals surface area (Å²) < 4.78 is 26.8. The normalized spacial score (nSPS) is 15.3. The van der Waals surface area contributed by atoms with Gasteiger partial charge in [0.2, 0.25) is 15.9 Å². The number of piperazine rings is 1. The van der Waals surface area contributed by atoms with Crippen LogP contribution in [0.25, 0.3) is 0 Å². The molecule has 2 aromatic carbocycles. The number of sulfonamides is 1. The van der Waals surface area contributed by atoms with Crippen molar-refractivity contribution in [1.29, 1.82) is 0 Å². The lowest BCUT2D eigenvalue weighted by atomic mass is 10.2. The van der Waals surface area contributed by atoms with Crippen LogP contribution in [0.2, 0.25) is 0 Å². The molecule has 0 bridgehead atoms. The van der Waals surface area contributed by atoms with Crippen LogP contribution in [0.5, 0.6) is 0 Å². The molecular formula is C21H29N4O3S+. The first kappa shape index (κ1) is 21.3. The van der Waals surface area contributed by atoms with Crippen molar-refractivity contribution in [2.45, 2.75) is 18.2 Å². The molecule has 0 aromatic heterocycles. The lowest BCUT2D eigenvalue weighted by molar-refractivity contribution is -0.898. The molecule has 8 heteroatoms. The Hall–Kier alpha value is -2.42. The average Bonchev–Trinajstić information content (AvgIpc) is 2.75. The zero-order valence-corrected chi connectivity index (χ0v) is 17.5. The van der Waals surface area contributed by atoms with E-state index in [1.54, 1.807) is 23.1 Å². The van der Waals surface area contributed by atoms with Gasteiger partial charge in [0.15, 0.2) is 0 Å². The van der Waals surface area contributed by atoms with E-state index in [-0.39, 0.29) is 23.8 Å². The lowest BCUT2D eigenvalue weighted by Gasteiger charge is -2.33. The number of carbonyl (C=O) groups excluding carboxylic acids is 1. The first-order valence-corrected chi connectivity index (χ1v) is 11.5. The van der Waals surface area contributed by atoms with Crippen molar-refractivity contribution in [3.8, 4) is 0 Å². The third kappa shape index (κ3) is 6.03. The topological polar surface area (TPSA) is 82.9 Å². The minimum Gasteiger partial charge on any atom is -0.360 e. The maximum Gasteiger partial charge on any atom is 0.240 e. The summed E-state index contributed by atoms with van der Waals surface area (Å²) in [6, 6.07) is 15.9. The molecule has 0 saturated carbocycles. The Bertz CT molecular complexity index is 893. The second-order valence-electron chi connectivity index (χ2n) is 7.15. The van der Waals surface area contributed by atoms with Gasteiger partial charge in [-0.25, -0.2) is 13.1 Å². The van der Waals surface area contributed by atoms with Crippen LogP contribution in [0.4, 0.5) is 11.4 Å². The molecule has 0 unspecified atom stereocenters. The summed E-state index contributed by atoms with van der Waals surface area (Å²) in [7, 11) is -3.59. The van der Waals surface area contributed by atoms with Gasteiger partial charge in [-0.05, 0) is 43.3 Å². The Kier molecular flexibility index (Phi) is 7.24. The minimum atomic E-state index is -3.59. The maximum absolute atomic E-state index is 12.2. The van der Waals surface area contributed by atoms with Gasteiger partial charge in [-0.1, -0.05) is 18.2 Å². The molecule has 2 aromatic rings. The lowest BCUT2D eigenvalue weighted by Crippen LogP contribution is -3.14. The van der Waals surface area contributed by atoms with E-state index in [0.717, 1.165) is 31.9 Å². The predicted molar refractivity (Wildman–Crippen MR) is 115 cm³/mol. The number of amides is 1. The number of carbonyl (C=O) groups is 1. The molecule has 1 amide bonds. The summed E-state index contributed by atoms with van der Waals surface area (Å²) in [6.45, 7) is 7.80. The van der Waals surface area contributed by atoms with Gasteiger partial charge >= 0.3 is 0 Å². The molecule has 1 aliphatic heterocycles. The van der Waals surface area contributed by atoms with Crippen molar-refractivity contribution < 1.29 is 18.1 Å². The largest absolute Gasteiger partial charge is 0.360 e. The number of hydrogen-bond acceptors (Lipinski definition) is 4. The average molecular weight is 418 g/mol. The van der Waals surface area contributed by atoms with E-state index in [1.807, 2.05) is 24.3 Å². The molecule has 1 saturated heterocycles. The van der Waals surface area contributed by atoms with E-state index in [1.165, 1.54) is 18.7 Å². The van der Waals surface area contributed by atoms with E-state index >= 15 is 0 Å². The second kappa shape index (κ2) is 9.87. The quantitative estimate of drug-likeness (QED) is 0.591. The van der Waals surface area contributed by atoms with Crippen LogP contribution in [0.1, 0.15) is 13.3 Å². The molecule has 1 aliphatic rings. The van der Waals surface area contributed by atoms with Crippen molar-refractivity contribution >= 4 is 27.3 Å². The first-order chi connectivity index (χ1) is 14.0. The summed E-state index contributed by atoms with van der Waals surface area (Å²) in [4.78, 5) is 16.3. The highest BCUT2D eigenvalue weighted by atomic mass is 32.2. The Labute approximate surface area is 172 Å². The monoisotopic (exact) mass is 417 g/mol. The van der Waals surface area contributed by atoms with E-state index in [2.05, 4.69) is 21.9 Å². The summed E-state index contributed by atoms with van der Waals surface area (Å²) in [5.74, 6) is -0.228. The van der Waals surface area contributed by atoms with Crippen LogP contribution >= 0.6 is 0 Å². The van der Waals surface area contributed by atoms with E-state index in [4.69, 9.17) is 0 Å². The van der Waals surface area contributed by atoms with Crippen LogP contribution in [0.3, 0.4) is 0 Å². The molecule has 0 aliphatic carbocycles. The third-order valence-electron chi connectivity index (χ3n) is 5.18. The number of quaternary nitrogens is 1. The van der Waals surface area contributed by atoms with Gasteiger partial charge in [0.25, 0.3) is 0 Å². The number of anilines is 2. The van der Waals surface area contributed by atoms with Crippen molar-refractivity contribution in [2.24, 2.45) is 0 Å². The highest BCUT2D eigenvalue weighted by molar-refractivity contribution is 7.89. The predicted octanol–water partition coefficient (Wildman–Crippen LogP) is 0.719. The number of rotatable bonds is 8. The van der Waals surface area contributed by atoms with Gasteiger partial charge in [0.1, 0.15) is 0 Å². The fraction of sp³-hybridized carbons (Fsp3) is 0.381. The molecule has 3 rings (SSSR count). The van der Waals surface area contributed by atoms with Crippen molar-refractivity contribution in [3.05, 3.63) is 54.6 Å². The van der Waals surface area contributed by atoms with Crippen LogP contribution in [-0.2, 0) is 14.8 Å². The molecule has 1 heterocycles. The van der Waals surface area contributed by atoms with E-state index < -0.39 is 10.0 Å². The highest BCUT2D eigenvalue weighted by Gasteiger charge is 2.18. The fourth-order valence-electron chi connectivity index (χ4n) is 3.40. The Balaban J connectivity index is 1.45. The zero-order chi connectivity index (χ0) is 20.7. The molecule has 3 N–H and O–H groups in total. The number of likely N-dealkylation sites (N-methyl/N-ethyl adjacent to an activating group) is 1. The number of hydrogen-bond donors (Lipinski definition) is 3. The Morgan fingerprint density at radius 3 is 2.31 bits per heavy atom. The molecular weight excluding hydrogens is 388 g/mol. The SMILES string of the molecule is CC[NH+]1CCN(c2ccc(NC(=O)CCNS(=O)(=O)c3ccccc3)cc2)CC1. The molecule has 0 radical (unpaired) electrons.